The molecule has 0 radical (unpaired) electrons. The van der Waals surface area contributed by atoms with Gasteiger partial charge in [0, 0.05) is 12.1 Å². The summed E-state index contributed by atoms with van der Waals surface area (Å²) in [6.07, 6.45) is 1.55. The van der Waals surface area contributed by atoms with Gasteiger partial charge < -0.3 is 15.2 Å². The van der Waals surface area contributed by atoms with Crippen molar-refractivity contribution < 1.29 is 19.4 Å². The molecule has 1 heterocycles. The van der Waals surface area contributed by atoms with Crippen LogP contribution in [0.5, 0.6) is 0 Å². The standard InChI is InChI=1S/C29H36N2O4S/c1-20(27(33)26-18-30-19-36-26)23(15-21-11-7-5-8-12-21)17-25(32)24(16-22-13-9-6-10-14-22)31-28(34)35-29(2,3)4/h5-14,18-20,23-25,32H,15-17H2,1-4H3,(H,31,34)/t20?,23-,24+,25+/m1/s1. The quantitative estimate of drug-likeness (QED) is 0.324. The van der Waals surface area contributed by atoms with Crippen molar-refractivity contribution in [3.63, 3.8) is 0 Å². The number of rotatable bonds is 11. The molecule has 6 nitrogen and oxygen atoms in total. The van der Waals surface area contributed by atoms with Crippen molar-refractivity contribution >= 4 is 23.2 Å². The number of Topliss-reactive ketones (excluding diaryl/α,β-unsaturated/α-hetero) is 1. The molecule has 3 rings (SSSR count). The molecule has 2 aromatic carbocycles. The van der Waals surface area contributed by atoms with E-state index in [1.165, 1.54) is 11.3 Å². The highest BCUT2D eigenvalue weighted by Gasteiger charge is 2.32. The zero-order chi connectivity index (χ0) is 26.1. The van der Waals surface area contributed by atoms with Crippen molar-refractivity contribution in [3.05, 3.63) is 88.4 Å². The van der Waals surface area contributed by atoms with Crippen LogP contribution < -0.4 is 5.32 Å². The van der Waals surface area contributed by atoms with E-state index in [1.807, 2.05) is 67.6 Å². The molecule has 1 aromatic heterocycles. The van der Waals surface area contributed by atoms with Gasteiger partial charge in [-0.05, 0) is 57.1 Å². The second-order valence-corrected chi connectivity index (χ2v) is 11.1. The lowest BCUT2D eigenvalue weighted by Gasteiger charge is -2.31. The number of alkyl carbamates (subject to hydrolysis) is 1. The first-order valence-electron chi connectivity index (χ1n) is 12.3. The molecule has 0 aliphatic carbocycles. The van der Waals surface area contributed by atoms with Crippen molar-refractivity contribution in [2.24, 2.45) is 11.8 Å². The number of hydrogen-bond donors (Lipinski definition) is 2. The number of amides is 1. The molecule has 1 amide bonds. The van der Waals surface area contributed by atoms with Gasteiger partial charge in [0.2, 0.25) is 0 Å². The van der Waals surface area contributed by atoms with Crippen LogP contribution in [-0.4, -0.2) is 39.7 Å². The molecule has 2 N–H and O–H groups in total. The third kappa shape index (κ3) is 8.57. The molecular formula is C29H36N2O4S. The molecule has 1 unspecified atom stereocenters. The summed E-state index contributed by atoms with van der Waals surface area (Å²) >= 11 is 1.33. The van der Waals surface area contributed by atoms with E-state index >= 15 is 0 Å². The molecule has 36 heavy (non-hydrogen) atoms. The number of nitrogens with one attached hydrogen (secondary N) is 1. The fourth-order valence-electron chi connectivity index (χ4n) is 4.24. The minimum absolute atomic E-state index is 0.0188. The van der Waals surface area contributed by atoms with Gasteiger partial charge in [0.05, 0.1) is 22.5 Å². The van der Waals surface area contributed by atoms with Gasteiger partial charge in [-0.2, -0.15) is 0 Å². The lowest BCUT2D eigenvalue weighted by atomic mass is 9.79. The molecule has 0 saturated heterocycles. The van der Waals surface area contributed by atoms with Gasteiger partial charge >= 0.3 is 6.09 Å². The Labute approximate surface area is 217 Å². The number of ether oxygens (including phenoxy) is 1. The molecule has 0 aliphatic rings. The molecular weight excluding hydrogens is 472 g/mol. The smallest absolute Gasteiger partial charge is 0.407 e. The Balaban J connectivity index is 1.82. The minimum Gasteiger partial charge on any atom is -0.444 e. The number of hydrogen-bond acceptors (Lipinski definition) is 6. The maximum absolute atomic E-state index is 13.2. The van der Waals surface area contributed by atoms with Crippen LogP contribution in [-0.2, 0) is 17.6 Å². The molecule has 0 saturated carbocycles. The van der Waals surface area contributed by atoms with Gasteiger partial charge in [0.25, 0.3) is 0 Å². The summed E-state index contributed by atoms with van der Waals surface area (Å²) in [6.45, 7) is 7.32. The zero-order valence-corrected chi connectivity index (χ0v) is 22.2. The summed E-state index contributed by atoms with van der Waals surface area (Å²) in [4.78, 5) is 30.5. The van der Waals surface area contributed by atoms with Crippen LogP contribution in [0.4, 0.5) is 4.79 Å². The maximum Gasteiger partial charge on any atom is 0.407 e. The first-order chi connectivity index (χ1) is 17.1. The minimum atomic E-state index is -0.886. The van der Waals surface area contributed by atoms with E-state index in [4.69, 9.17) is 4.74 Å². The number of nitrogens with zero attached hydrogens (tertiary/aromatic N) is 1. The fraction of sp³-hybridized carbons (Fsp3) is 0.414. The number of aliphatic hydroxyl groups is 1. The Morgan fingerprint density at radius 3 is 2.11 bits per heavy atom. The molecule has 0 fully saturated rings. The zero-order valence-electron chi connectivity index (χ0n) is 21.4. The summed E-state index contributed by atoms with van der Waals surface area (Å²) in [5, 5.41) is 14.3. The molecule has 0 bridgehead atoms. The Kier molecular flexibility index (Phi) is 9.79. The second-order valence-electron chi connectivity index (χ2n) is 10.2. The topological polar surface area (TPSA) is 88.5 Å². The summed E-state index contributed by atoms with van der Waals surface area (Å²) in [5.74, 6) is -0.458. The highest BCUT2D eigenvalue weighted by molar-refractivity contribution is 7.11. The van der Waals surface area contributed by atoms with Crippen LogP contribution in [0.25, 0.3) is 0 Å². The normalized spacial score (nSPS) is 14.9. The van der Waals surface area contributed by atoms with Gasteiger partial charge in [-0.1, -0.05) is 67.6 Å². The highest BCUT2D eigenvalue weighted by atomic mass is 32.1. The molecule has 7 heteroatoms. The second kappa shape index (κ2) is 12.8. The fourth-order valence-corrected chi connectivity index (χ4v) is 4.90. The van der Waals surface area contributed by atoms with Crippen LogP contribution in [0.2, 0.25) is 0 Å². The first kappa shape index (κ1) is 27.6. The average molecular weight is 509 g/mol. The SMILES string of the molecule is CC(C(=O)c1cncs1)[C@H](Cc1ccccc1)C[C@H](O)[C@H](Cc1ccccc1)NC(=O)OC(C)(C)C. The van der Waals surface area contributed by atoms with E-state index in [-0.39, 0.29) is 17.6 Å². The molecule has 192 valence electrons. The average Bonchev–Trinajstić information content (AvgIpc) is 3.37. The van der Waals surface area contributed by atoms with Crippen LogP contribution in [0.1, 0.15) is 54.9 Å². The summed E-state index contributed by atoms with van der Waals surface area (Å²) in [6, 6.07) is 19.1. The van der Waals surface area contributed by atoms with Crippen molar-refractivity contribution in [1.29, 1.82) is 0 Å². The predicted molar refractivity (Wildman–Crippen MR) is 143 cm³/mol. The van der Waals surface area contributed by atoms with Gasteiger partial charge in [-0.25, -0.2) is 4.79 Å². The first-order valence-corrected chi connectivity index (χ1v) is 13.2. The Hall–Kier alpha value is -3.03. The number of thiazole rings is 1. The van der Waals surface area contributed by atoms with Crippen LogP contribution in [0, 0.1) is 11.8 Å². The van der Waals surface area contributed by atoms with Crippen LogP contribution >= 0.6 is 11.3 Å². The van der Waals surface area contributed by atoms with Crippen molar-refractivity contribution in [1.82, 2.24) is 10.3 Å². The lowest BCUT2D eigenvalue weighted by Crippen LogP contribution is -2.47. The summed E-state index contributed by atoms with van der Waals surface area (Å²) in [7, 11) is 0. The number of carbonyl (C=O) groups excluding carboxylic acids is 2. The van der Waals surface area contributed by atoms with Gasteiger partial charge in [-0.3, -0.25) is 9.78 Å². The number of ketones is 1. The number of aliphatic hydroxyl groups excluding tert-OH is 1. The van der Waals surface area contributed by atoms with E-state index in [9.17, 15) is 14.7 Å². The number of aromatic nitrogens is 1. The largest absolute Gasteiger partial charge is 0.444 e. The van der Waals surface area contributed by atoms with E-state index in [0.29, 0.717) is 24.1 Å². The van der Waals surface area contributed by atoms with Crippen molar-refractivity contribution in [3.8, 4) is 0 Å². The molecule has 3 aromatic rings. The van der Waals surface area contributed by atoms with E-state index in [0.717, 1.165) is 11.1 Å². The van der Waals surface area contributed by atoms with Crippen molar-refractivity contribution in [2.45, 2.75) is 64.7 Å². The van der Waals surface area contributed by atoms with E-state index in [2.05, 4.69) is 10.3 Å². The highest BCUT2D eigenvalue weighted by Crippen LogP contribution is 2.28. The maximum atomic E-state index is 13.2. The van der Waals surface area contributed by atoms with Crippen molar-refractivity contribution in [2.75, 3.05) is 0 Å². The Morgan fingerprint density at radius 2 is 1.58 bits per heavy atom. The van der Waals surface area contributed by atoms with Gasteiger partial charge in [-0.15, -0.1) is 11.3 Å². The number of carbonyl (C=O) groups is 2. The van der Waals surface area contributed by atoms with E-state index in [1.54, 1.807) is 32.5 Å². The predicted octanol–water partition coefficient (Wildman–Crippen LogP) is 5.71. The molecule has 0 spiro atoms. The van der Waals surface area contributed by atoms with Crippen LogP contribution in [0.15, 0.2) is 72.4 Å². The van der Waals surface area contributed by atoms with Crippen LogP contribution in [0.3, 0.4) is 0 Å². The Bertz CT molecular complexity index is 1080. The number of benzene rings is 2. The molecule has 0 aliphatic heterocycles. The Morgan fingerprint density at radius 1 is 1.00 bits per heavy atom. The monoisotopic (exact) mass is 508 g/mol. The lowest BCUT2D eigenvalue weighted by molar-refractivity contribution is 0.0372. The van der Waals surface area contributed by atoms with Gasteiger partial charge in [0.15, 0.2) is 5.78 Å². The summed E-state index contributed by atoms with van der Waals surface area (Å²) < 4.78 is 5.47. The third-order valence-electron chi connectivity index (χ3n) is 6.15. The summed E-state index contributed by atoms with van der Waals surface area (Å²) in [5.41, 5.74) is 3.09. The van der Waals surface area contributed by atoms with Gasteiger partial charge in [0.1, 0.15) is 5.60 Å². The third-order valence-corrected chi connectivity index (χ3v) is 6.93. The van der Waals surface area contributed by atoms with E-state index < -0.39 is 23.8 Å². The molecule has 4 atom stereocenters.